The molecule has 25 heavy (non-hydrogen) atoms. The van der Waals surface area contributed by atoms with E-state index in [-0.39, 0.29) is 11.2 Å². The Morgan fingerprint density at radius 1 is 1.12 bits per heavy atom. The van der Waals surface area contributed by atoms with E-state index in [2.05, 4.69) is 36.5 Å². The number of rotatable bonds is 2. The number of thioether (sulfide) groups is 1. The maximum absolute atomic E-state index is 12.3. The Morgan fingerprint density at radius 3 is 2.68 bits per heavy atom. The Hall–Kier alpha value is -2.53. The van der Waals surface area contributed by atoms with Gasteiger partial charge in [0.25, 0.3) is 0 Å². The Bertz CT molecular complexity index is 933. The molecule has 0 spiro atoms. The molecule has 2 heterocycles. The van der Waals surface area contributed by atoms with Crippen LogP contribution in [0.2, 0.25) is 0 Å². The summed E-state index contributed by atoms with van der Waals surface area (Å²) in [4.78, 5) is 12.3. The summed E-state index contributed by atoms with van der Waals surface area (Å²) in [5, 5.41) is 7.91. The highest BCUT2D eigenvalue weighted by atomic mass is 32.2. The van der Waals surface area contributed by atoms with Crippen LogP contribution in [0.5, 0.6) is 0 Å². The summed E-state index contributed by atoms with van der Waals surface area (Å²) in [6, 6.07) is 18.5. The third kappa shape index (κ3) is 2.96. The molecule has 5 heteroatoms. The van der Waals surface area contributed by atoms with Crippen LogP contribution >= 0.6 is 11.8 Å². The highest BCUT2D eigenvalue weighted by Crippen LogP contribution is 2.43. The predicted molar refractivity (Wildman–Crippen MR) is 102 cm³/mol. The molecule has 0 saturated heterocycles. The van der Waals surface area contributed by atoms with Gasteiger partial charge in [-0.1, -0.05) is 42.5 Å². The summed E-state index contributed by atoms with van der Waals surface area (Å²) in [5.74, 6) is 1.23. The van der Waals surface area contributed by atoms with Gasteiger partial charge in [-0.15, -0.1) is 11.8 Å². The molecule has 1 aliphatic heterocycles. The minimum Gasteiger partial charge on any atom is -0.310 e. The minimum atomic E-state index is 0.0125. The number of amides is 1. The summed E-state index contributed by atoms with van der Waals surface area (Å²) in [5.41, 5.74) is 5.34. The van der Waals surface area contributed by atoms with Gasteiger partial charge < -0.3 is 5.32 Å². The lowest BCUT2D eigenvalue weighted by Crippen LogP contribution is -2.15. The second kappa shape index (κ2) is 6.41. The fourth-order valence-electron chi connectivity index (χ4n) is 3.22. The van der Waals surface area contributed by atoms with Crippen molar-refractivity contribution in [2.75, 3.05) is 11.1 Å². The lowest BCUT2D eigenvalue weighted by Gasteiger charge is -2.15. The van der Waals surface area contributed by atoms with Gasteiger partial charge in [-0.2, -0.15) is 5.10 Å². The van der Waals surface area contributed by atoms with Crippen LogP contribution in [0.4, 0.5) is 5.82 Å². The molecule has 1 atom stereocenters. The van der Waals surface area contributed by atoms with Gasteiger partial charge in [0.1, 0.15) is 5.82 Å². The van der Waals surface area contributed by atoms with E-state index in [9.17, 15) is 4.79 Å². The number of carbonyl (C=O) groups excluding carboxylic acids is 1. The third-order valence-corrected chi connectivity index (χ3v) is 5.63. The van der Waals surface area contributed by atoms with Crippen molar-refractivity contribution >= 4 is 23.5 Å². The monoisotopic (exact) mass is 349 g/mol. The lowest BCUT2D eigenvalue weighted by molar-refractivity contribution is -0.113. The molecule has 1 amide bonds. The minimum absolute atomic E-state index is 0.0125. The van der Waals surface area contributed by atoms with E-state index in [1.54, 1.807) is 11.8 Å². The second-order valence-corrected chi connectivity index (χ2v) is 7.34. The Balaban J connectivity index is 1.91. The maximum atomic E-state index is 12.3. The van der Waals surface area contributed by atoms with E-state index in [0.717, 1.165) is 28.3 Å². The van der Waals surface area contributed by atoms with E-state index >= 15 is 0 Å². The van der Waals surface area contributed by atoms with Crippen LogP contribution in [0.3, 0.4) is 0 Å². The van der Waals surface area contributed by atoms with E-state index < -0.39 is 0 Å². The van der Waals surface area contributed by atoms with Crippen LogP contribution in [0.25, 0.3) is 5.69 Å². The number of carbonyl (C=O) groups is 1. The highest BCUT2D eigenvalue weighted by Gasteiger charge is 2.30. The molecule has 2 aromatic carbocycles. The van der Waals surface area contributed by atoms with Crippen molar-refractivity contribution in [1.29, 1.82) is 0 Å². The molecular formula is C20H19N3OS. The van der Waals surface area contributed by atoms with Crippen LogP contribution in [0, 0.1) is 13.8 Å². The van der Waals surface area contributed by atoms with Gasteiger partial charge >= 0.3 is 0 Å². The van der Waals surface area contributed by atoms with Crippen LogP contribution in [0.15, 0.2) is 54.6 Å². The average molecular weight is 349 g/mol. The van der Waals surface area contributed by atoms with Gasteiger partial charge in [-0.05, 0) is 37.1 Å². The first kappa shape index (κ1) is 16.0. The number of fused-ring (bicyclic) bond motifs is 1. The van der Waals surface area contributed by atoms with E-state index in [1.807, 2.05) is 41.9 Å². The quantitative estimate of drug-likeness (QED) is 0.752. The zero-order valence-electron chi connectivity index (χ0n) is 14.2. The number of anilines is 1. The smallest absolute Gasteiger partial charge is 0.235 e. The largest absolute Gasteiger partial charge is 0.310 e. The van der Waals surface area contributed by atoms with Crippen molar-refractivity contribution in [1.82, 2.24) is 9.78 Å². The zero-order valence-corrected chi connectivity index (χ0v) is 15.0. The third-order valence-electron chi connectivity index (χ3n) is 4.36. The van der Waals surface area contributed by atoms with Gasteiger partial charge in [-0.3, -0.25) is 4.79 Å². The van der Waals surface area contributed by atoms with Crippen LogP contribution in [0.1, 0.15) is 27.6 Å². The van der Waals surface area contributed by atoms with E-state index in [1.165, 1.54) is 5.56 Å². The Labute approximate surface area is 151 Å². The number of hydrogen-bond donors (Lipinski definition) is 1. The molecular weight excluding hydrogens is 330 g/mol. The summed E-state index contributed by atoms with van der Waals surface area (Å²) in [7, 11) is 0. The van der Waals surface area contributed by atoms with Crippen molar-refractivity contribution in [3.63, 3.8) is 0 Å². The second-order valence-electron chi connectivity index (χ2n) is 6.25. The molecule has 0 saturated carbocycles. The molecule has 4 nitrogen and oxygen atoms in total. The first-order valence-corrected chi connectivity index (χ1v) is 9.31. The fourth-order valence-corrected chi connectivity index (χ4v) is 4.41. The number of hydrogen-bond acceptors (Lipinski definition) is 3. The molecule has 0 radical (unpaired) electrons. The van der Waals surface area contributed by atoms with Gasteiger partial charge in [0, 0.05) is 5.56 Å². The molecule has 0 aliphatic carbocycles. The van der Waals surface area contributed by atoms with E-state index in [4.69, 9.17) is 5.10 Å². The number of nitrogens with zero attached hydrogens (tertiary/aromatic N) is 2. The topological polar surface area (TPSA) is 46.9 Å². The molecule has 1 aromatic heterocycles. The van der Waals surface area contributed by atoms with Gasteiger partial charge in [0.05, 0.1) is 22.4 Å². The van der Waals surface area contributed by atoms with Gasteiger partial charge in [-0.25, -0.2) is 4.68 Å². The average Bonchev–Trinajstić information content (AvgIpc) is 2.82. The number of benzene rings is 2. The van der Waals surface area contributed by atoms with Crippen molar-refractivity contribution in [3.05, 3.63) is 77.0 Å². The zero-order chi connectivity index (χ0) is 17.4. The predicted octanol–water partition coefficient (Wildman–Crippen LogP) is 4.26. The summed E-state index contributed by atoms with van der Waals surface area (Å²) < 4.78 is 1.86. The Kier molecular flexibility index (Phi) is 4.09. The fraction of sp³-hybridized carbons (Fsp3) is 0.200. The summed E-state index contributed by atoms with van der Waals surface area (Å²) in [6.45, 7) is 4.07. The molecule has 3 aromatic rings. The van der Waals surface area contributed by atoms with Crippen molar-refractivity contribution in [3.8, 4) is 5.69 Å². The number of nitrogens with one attached hydrogen (secondary N) is 1. The Morgan fingerprint density at radius 2 is 1.92 bits per heavy atom. The van der Waals surface area contributed by atoms with Gasteiger partial charge in [0.2, 0.25) is 5.91 Å². The first-order valence-electron chi connectivity index (χ1n) is 8.26. The molecule has 0 unspecified atom stereocenters. The molecule has 1 N–H and O–H groups in total. The lowest BCUT2D eigenvalue weighted by atomic mass is 10.0. The number of aromatic nitrogens is 2. The standard InChI is InChI=1S/C20H19N3OS/c1-13-7-6-10-16(11-13)23-20-18(14(2)22-23)19(25-12-17(24)21-20)15-8-4-3-5-9-15/h3-11,19H,12H2,1-2H3,(H,21,24)/t19-/m0/s1. The van der Waals surface area contributed by atoms with E-state index in [0.29, 0.717) is 5.75 Å². The normalized spacial score (nSPS) is 16.9. The highest BCUT2D eigenvalue weighted by molar-refractivity contribution is 8.00. The van der Waals surface area contributed by atoms with Crippen LogP contribution < -0.4 is 5.32 Å². The van der Waals surface area contributed by atoms with Crippen molar-refractivity contribution in [2.24, 2.45) is 0 Å². The SMILES string of the molecule is Cc1cccc(-n2nc(C)c3c2NC(=O)CS[C@H]3c2ccccc2)c1. The molecule has 126 valence electrons. The molecule has 1 aliphatic rings. The maximum Gasteiger partial charge on any atom is 0.235 e. The molecule has 0 bridgehead atoms. The summed E-state index contributed by atoms with van der Waals surface area (Å²) in [6.07, 6.45) is 0. The molecule has 4 rings (SSSR count). The number of aryl methyl sites for hydroxylation is 2. The van der Waals surface area contributed by atoms with Crippen molar-refractivity contribution in [2.45, 2.75) is 19.1 Å². The molecule has 0 fully saturated rings. The summed E-state index contributed by atoms with van der Waals surface area (Å²) >= 11 is 1.65. The van der Waals surface area contributed by atoms with Crippen molar-refractivity contribution < 1.29 is 4.79 Å². The van der Waals surface area contributed by atoms with Crippen LogP contribution in [-0.2, 0) is 4.79 Å². The van der Waals surface area contributed by atoms with Gasteiger partial charge in [0.15, 0.2) is 0 Å². The first-order chi connectivity index (χ1) is 12.1. The van der Waals surface area contributed by atoms with Crippen LogP contribution in [-0.4, -0.2) is 21.4 Å².